The molecule has 3 heterocycles. The van der Waals surface area contributed by atoms with Crippen molar-refractivity contribution in [2.45, 2.75) is 13.3 Å². The van der Waals surface area contributed by atoms with Crippen molar-refractivity contribution < 1.29 is 13.6 Å². The highest BCUT2D eigenvalue weighted by Gasteiger charge is 2.14. The van der Waals surface area contributed by atoms with Crippen molar-refractivity contribution in [3.05, 3.63) is 47.7 Å². The van der Waals surface area contributed by atoms with E-state index in [1.807, 2.05) is 36.7 Å². The quantitative estimate of drug-likeness (QED) is 0.794. The number of hydrogen-bond acceptors (Lipinski definition) is 3. The Labute approximate surface area is 116 Å². The summed E-state index contributed by atoms with van der Waals surface area (Å²) < 4.78 is 12.6. The normalized spacial score (nSPS) is 11.1. The van der Waals surface area contributed by atoms with E-state index in [9.17, 15) is 4.79 Å². The van der Waals surface area contributed by atoms with E-state index in [1.165, 1.54) is 0 Å². The number of carbonyl (C=O) groups is 1. The van der Waals surface area contributed by atoms with Crippen molar-refractivity contribution in [3.8, 4) is 0 Å². The molecule has 0 saturated carbocycles. The molecular formula is C15H16N2O3. The second-order valence-corrected chi connectivity index (χ2v) is 4.78. The number of rotatable bonds is 4. The predicted molar refractivity (Wildman–Crippen MR) is 74.7 cm³/mol. The van der Waals surface area contributed by atoms with E-state index in [-0.39, 0.29) is 5.91 Å². The lowest BCUT2D eigenvalue weighted by atomic mass is 10.3. The van der Waals surface area contributed by atoms with Gasteiger partial charge in [-0.3, -0.25) is 4.79 Å². The van der Waals surface area contributed by atoms with Crippen LogP contribution in [0.4, 0.5) is 0 Å². The summed E-state index contributed by atoms with van der Waals surface area (Å²) in [5.41, 5.74) is 2.23. The zero-order chi connectivity index (χ0) is 14.1. The molecule has 3 aromatic rings. The molecule has 0 unspecified atom stereocenters. The Morgan fingerprint density at radius 2 is 2.20 bits per heavy atom. The van der Waals surface area contributed by atoms with E-state index in [0.717, 1.165) is 22.6 Å². The van der Waals surface area contributed by atoms with Gasteiger partial charge < -0.3 is 18.7 Å². The Morgan fingerprint density at radius 1 is 1.35 bits per heavy atom. The van der Waals surface area contributed by atoms with Crippen molar-refractivity contribution in [2.75, 3.05) is 6.54 Å². The molecule has 0 saturated heterocycles. The smallest absolute Gasteiger partial charge is 0.268 e. The average Bonchev–Trinajstić information content (AvgIpc) is 3.09. The molecule has 0 aliphatic heterocycles. The molecule has 3 aromatic heterocycles. The van der Waals surface area contributed by atoms with Crippen LogP contribution in [-0.2, 0) is 13.5 Å². The number of nitrogens with zero attached hydrogens (tertiary/aromatic N) is 1. The number of carbonyl (C=O) groups excluding carboxylic acids is 1. The number of fused-ring (bicyclic) bond motifs is 1. The molecule has 3 rings (SSSR count). The van der Waals surface area contributed by atoms with Crippen LogP contribution in [0.25, 0.3) is 11.1 Å². The van der Waals surface area contributed by atoms with Gasteiger partial charge in [0.05, 0.1) is 11.8 Å². The largest absolute Gasteiger partial charge is 0.466 e. The third-order valence-electron chi connectivity index (χ3n) is 3.35. The SMILES string of the molecule is Cc1ccc(CCNC(=O)c2cc3occc3n2C)o1. The van der Waals surface area contributed by atoms with Gasteiger partial charge in [0.25, 0.3) is 5.91 Å². The van der Waals surface area contributed by atoms with Gasteiger partial charge in [-0.15, -0.1) is 0 Å². The third kappa shape index (κ3) is 2.22. The first kappa shape index (κ1) is 12.6. The van der Waals surface area contributed by atoms with E-state index in [0.29, 0.717) is 18.7 Å². The first-order valence-electron chi connectivity index (χ1n) is 6.51. The lowest BCUT2D eigenvalue weighted by Gasteiger charge is -2.05. The monoisotopic (exact) mass is 272 g/mol. The molecule has 1 amide bonds. The number of aromatic nitrogens is 1. The van der Waals surface area contributed by atoms with Crippen LogP contribution >= 0.6 is 0 Å². The molecule has 0 radical (unpaired) electrons. The number of aryl methyl sites for hydroxylation is 2. The summed E-state index contributed by atoms with van der Waals surface area (Å²) in [6, 6.07) is 7.44. The Kier molecular flexibility index (Phi) is 3.10. The predicted octanol–water partition coefficient (Wildman–Crippen LogP) is 2.65. The molecule has 104 valence electrons. The van der Waals surface area contributed by atoms with Crippen LogP contribution < -0.4 is 5.32 Å². The zero-order valence-corrected chi connectivity index (χ0v) is 11.5. The van der Waals surface area contributed by atoms with Crippen molar-refractivity contribution in [2.24, 2.45) is 7.05 Å². The summed E-state index contributed by atoms with van der Waals surface area (Å²) in [4.78, 5) is 12.1. The Bertz CT molecular complexity index is 748. The van der Waals surface area contributed by atoms with Crippen LogP contribution in [-0.4, -0.2) is 17.0 Å². The number of hydrogen-bond donors (Lipinski definition) is 1. The Hall–Kier alpha value is -2.43. The number of furan rings is 2. The van der Waals surface area contributed by atoms with Gasteiger partial charge >= 0.3 is 0 Å². The van der Waals surface area contributed by atoms with Gasteiger partial charge in [0, 0.05) is 32.1 Å². The standard InChI is InChI=1S/C15H16N2O3/c1-10-3-4-11(20-10)5-7-16-15(18)13-9-14-12(17(13)2)6-8-19-14/h3-4,6,8-9H,5,7H2,1-2H3,(H,16,18). The fourth-order valence-corrected chi connectivity index (χ4v) is 2.28. The zero-order valence-electron chi connectivity index (χ0n) is 11.5. The highest BCUT2D eigenvalue weighted by molar-refractivity contribution is 5.97. The third-order valence-corrected chi connectivity index (χ3v) is 3.35. The van der Waals surface area contributed by atoms with Crippen LogP contribution in [0.2, 0.25) is 0 Å². The van der Waals surface area contributed by atoms with Crippen LogP contribution in [0.5, 0.6) is 0 Å². The van der Waals surface area contributed by atoms with E-state index < -0.39 is 0 Å². The number of amides is 1. The molecule has 0 atom stereocenters. The molecule has 0 bridgehead atoms. The van der Waals surface area contributed by atoms with Gasteiger partial charge in [0.1, 0.15) is 17.2 Å². The first-order chi connectivity index (χ1) is 9.65. The Balaban J connectivity index is 1.64. The van der Waals surface area contributed by atoms with Gasteiger partial charge in [0.15, 0.2) is 5.58 Å². The maximum absolute atomic E-state index is 12.1. The van der Waals surface area contributed by atoms with Crippen LogP contribution in [0, 0.1) is 6.92 Å². The van der Waals surface area contributed by atoms with Crippen molar-refractivity contribution in [1.29, 1.82) is 0 Å². The summed E-state index contributed by atoms with van der Waals surface area (Å²) in [6.45, 7) is 2.44. The van der Waals surface area contributed by atoms with Gasteiger partial charge in [-0.1, -0.05) is 0 Å². The highest BCUT2D eigenvalue weighted by Crippen LogP contribution is 2.19. The van der Waals surface area contributed by atoms with Crippen molar-refractivity contribution in [3.63, 3.8) is 0 Å². The summed E-state index contributed by atoms with van der Waals surface area (Å²) in [5.74, 6) is 1.65. The van der Waals surface area contributed by atoms with E-state index in [4.69, 9.17) is 8.83 Å². The second-order valence-electron chi connectivity index (χ2n) is 4.78. The molecule has 5 heteroatoms. The van der Waals surface area contributed by atoms with Crippen LogP contribution in [0.15, 0.2) is 39.4 Å². The topological polar surface area (TPSA) is 60.3 Å². The van der Waals surface area contributed by atoms with Gasteiger partial charge in [-0.2, -0.15) is 0 Å². The average molecular weight is 272 g/mol. The Morgan fingerprint density at radius 3 is 2.90 bits per heavy atom. The lowest BCUT2D eigenvalue weighted by molar-refractivity contribution is 0.0946. The molecule has 0 spiro atoms. The molecule has 0 aliphatic carbocycles. The van der Waals surface area contributed by atoms with Gasteiger partial charge in [-0.25, -0.2) is 0 Å². The minimum atomic E-state index is -0.109. The fourth-order valence-electron chi connectivity index (χ4n) is 2.28. The van der Waals surface area contributed by atoms with Gasteiger partial charge in [0.2, 0.25) is 0 Å². The molecule has 0 aromatic carbocycles. The van der Waals surface area contributed by atoms with Crippen LogP contribution in [0.3, 0.4) is 0 Å². The second kappa shape index (κ2) is 4.92. The molecule has 1 N–H and O–H groups in total. The van der Waals surface area contributed by atoms with E-state index >= 15 is 0 Å². The molecular weight excluding hydrogens is 256 g/mol. The minimum absolute atomic E-state index is 0.109. The number of nitrogens with one attached hydrogen (secondary N) is 1. The summed E-state index contributed by atoms with van der Waals surface area (Å²) >= 11 is 0. The van der Waals surface area contributed by atoms with Crippen LogP contribution in [0.1, 0.15) is 22.0 Å². The summed E-state index contributed by atoms with van der Waals surface area (Å²) in [6.07, 6.45) is 2.30. The van der Waals surface area contributed by atoms with Gasteiger partial charge in [-0.05, 0) is 19.1 Å². The minimum Gasteiger partial charge on any atom is -0.466 e. The maximum Gasteiger partial charge on any atom is 0.268 e. The lowest BCUT2D eigenvalue weighted by Crippen LogP contribution is -2.27. The summed E-state index contributed by atoms with van der Waals surface area (Å²) in [5, 5.41) is 2.89. The van der Waals surface area contributed by atoms with E-state index in [1.54, 1.807) is 12.3 Å². The summed E-state index contributed by atoms with van der Waals surface area (Å²) in [7, 11) is 1.85. The van der Waals surface area contributed by atoms with Crippen molar-refractivity contribution >= 4 is 17.0 Å². The molecule has 5 nitrogen and oxygen atoms in total. The fraction of sp³-hybridized carbons (Fsp3) is 0.267. The molecule has 0 aliphatic rings. The highest BCUT2D eigenvalue weighted by atomic mass is 16.3. The molecule has 20 heavy (non-hydrogen) atoms. The van der Waals surface area contributed by atoms with E-state index in [2.05, 4.69) is 5.32 Å². The van der Waals surface area contributed by atoms with Crippen molar-refractivity contribution in [1.82, 2.24) is 9.88 Å². The molecule has 0 fully saturated rings. The first-order valence-corrected chi connectivity index (χ1v) is 6.51. The maximum atomic E-state index is 12.1.